The lowest BCUT2D eigenvalue weighted by Gasteiger charge is -2.07. The van der Waals surface area contributed by atoms with Crippen molar-refractivity contribution < 1.29 is 0 Å². The molecule has 1 unspecified atom stereocenters. The number of hydrogen-bond acceptors (Lipinski definition) is 4. The lowest BCUT2D eigenvalue weighted by Crippen LogP contribution is -2.20. The van der Waals surface area contributed by atoms with E-state index in [1.165, 1.54) is 11.3 Å². The Balaban J connectivity index is 1.95. The minimum Gasteiger partial charge on any atom is -0.361 e. The monoisotopic (exact) mass is 316 g/mol. The summed E-state index contributed by atoms with van der Waals surface area (Å²) in [5.41, 5.74) is 3.59. The van der Waals surface area contributed by atoms with Gasteiger partial charge in [0.1, 0.15) is 0 Å². The molecule has 2 heterocycles. The van der Waals surface area contributed by atoms with Gasteiger partial charge in [0.2, 0.25) is 0 Å². The van der Waals surface area contributed by atoms with Crippen LogP contribution in [-0.4, -0.2) is 32.1 Å². The predicted octanol–water partition coefficient (Wildman–Crippen LogP) is 1.99. The van der Waals surface area contributed by atoms with Crippen molar-refractivity contribution in [2.24, 2.45) is 12.0 Å². The molecule has 0 saturated carbocycles. The SMILES string of the molecule is Cc1nn(C)c(C)c1CNC1=NCC(CBr)S1. The second-order valence-electron chi connectivity index (χ2n) is 4.17. The third kappa shape index (κ3) is 2.85. The minimum absolute atomic E-state index is 0.577. The quantitative estimate of drug-likeness (QED) is 0.867. The van der Waals surface area contributed by atoms with Gasteiger partial charge in [0.25, 0.3) is 0 Å². The molecule has 1 aliphatic rings. The topological polar surface area (TPSA) is 42.2 Å². The molecule has 0 fully saturated rings. The molecule has 2 rings (SSSR count). The zero-order valence-corrected chi connectivity index (χ0v) is 12.7. The molecule has 1 atom stereocenters. The van der Waals surface area contributed by atoms with E-state index in [-0.39, 0.29) is 0 Å². The molecule has 0 amide bonds. The molecule has 1 aromatic rings. The summed E-state index contributed by atoms with van der Waals surface area (Å²) in [5, 5.41) is 10.4. The number of aryl methyl sites for hydroxylation is 2. The summed E-state index contributed by atoms with van der Waals surface area (Å²) >= 11 is 5.30. The van der Waals surface area contributed by atoms with E-state index in [4.69, 9.17) is 0 Å². The maximum absolute atomic E-state index is 4.48. The first-order valence-corrected chi connectivity index (χ1v) is 7.62. The Labute approximate surface area is 114 Å². The van der Waals surface area contributed by atoms with Crippen LogP contribution >= 0.6 is 27.7 Å². The van der Waals surface area contributed by atoms with Gasteiger partial charge in [-0.05, 0) is 13.8 Å². The highest BCUT2D eigenvalue weighted by Gasteiger charge is 2.18. The summed E-state index contributed by atoms with van der Waals surface area (Å²) in [7, 11) is 1.98. The zero-order valence-electron chi connectivity index (χ0n) is 10.3. The van der Waals surface area contributed by atoms with Gasteiger partial charge in [-0.3, -0.25) is 9.67 Å². The fourth-order valence-electron chi connectivity index (χ4n) is 1.83. The van der Waals surface area contributed by atoms with Crippen LogP contribution < -0.4 is 5.32 Å². The Morgan fingerprint density at radius 2 is 2.29 bits per heavy atom. The zero-order chi connectivity index (χ0) is 12.4. The van der Waals surface area contributed by atoms with Crippen molar-refractivity contribution >= 4 is 32.9 Å². The molecule has 1 N–H and O–H groups in total. The highest BCUT2D eigenvalue weighted by Crippen LogP contribution is 2.21. The molecule has 0 aliphatic carbocycles. The van der Waals surface area contributed by atoms with Crippen LogP contribution in [0.4, 0.5) is 0 Å². The van der Waals surface area contributed by atoms with Gasteiger partial charge in [-0.1, -0.05) is 27.7 Å². The average molecular weight is 317 g/mol. The van der Waals surface area contributed by atoms with E-state index in [1.54, 1.807) is 0 Å². The number of aliphatic imine (C=N–C) groups is 1. The highest BCUT2D eigenvalue weighted by molar-refractivity contribution is 9.09. The third-order valence-corrected chi connectivity index (χ3v) is 5.32. The molecule has 0 bridgehead atoms. The second-order valence-corrected chi connectivity index (χ2v) is 6.10. The van der Waals surface area contributed by atoms with Crippen LogP contribution in [0.5, 0.6) is 0 Å². The Morgan fingerprint density at radius 1 is 1.53 bits per heavy atom. The van der Waals surface area contributed by atoms with Crippen LogP contribution in [0.2, 0.25) is 0 Å². The Kier molecular flexibility index (Phi) is 4.14. The van der Waals surface area contributed by atoms with Crippen molar-refractivity contribution in [2.45, 2.75) is 25.6 Å². The molecule has 17 heavy (non-hydrogen) atoms. The molecule has 0 aromatic carbocycles. The first-order valence-electron chi connectivity index (χ1n) is 5.61. The van der Waals surface area contributed by atoms with Gasteiger partial charge in [-0.2, -0.15) is 5.10 Å². The second kappa shape index (κ2) is 5.44. The Hall–Kier alpha value is -0.490. The van der Waals surface area contributed by atoms with Crippen molar-refractivity contribution in [3.8, 4) is 0 Å². The molecule has 0 spiro atoms. The Bertz CT molecular complexity index is 441. The van der Waals surface area contributed by atoms with Crippen LogP contribution in [0.3, 0.4) is 0 Å². The third-order valence-electron chi connectivity index (χ3n) is 2.96. The van der Waals surface area contributed by atoms with Gasteiger partial charge in [-0.15, -0.1) is 0 Å². The number of rotatable bonds is 3. The van der Waals surface area contributed by atoms with Gasteiger partial charge >= 0.3 is 0 Å². The number of nitrogens with zero attached hydrogens (tertiary/aromatic N) is 3. The summed E-state index contributed by atoms with van der Waals surface area (Å²) in [6, 6.07) is 0. The van der Waals surface area contributed by atoms with Crippen molar-refractivity contribution in [1.82, 2.24) is 15.1 Å². The van der Waals surface area contributed by atoms with E-state index < -0.39 is 0 Å². The van der Waals surface area contributed by atoms with Gasteiger partial charge in [-0.25, -0.2) is 0 Å². The number of aromatic nitrogens is 2. The van der Waals surface area contributed by atoms with Crippen molar-refractivity contribution in [2.75, 3.05) is 11.9 Å². The summed E-state index contributed by atoms with van der Waals surface area (Å²) in [6.07, 6.45) is 0. The molecular formula is C11H17BrN4S. The summed E-state index contributed by atoms with van der Waals surface area (Å²) < 4.78 is 1.93. The first kappa shape index (κ1) is 13.0. The molecule has 1 aliphatic heterocycles. The van der Waals surface area contributed by atoms with E-state index in [1.807, 2.05) is 23.5 Å². The first-order chi connectivity index (χ1) is 8.11. The number of amidine groups is 1. The summed E-state index contributed by atoms with van der Waals surface area (Å²) in [4.78, 5) is 4.48. The number of alkyl halides is 1. The predicted molar refractivity (Wildman–Crippen MR) is 77.0 cm³/mol. The summed E-state index contributed by atoms with van der Waals surface area (Å²) in [5.74, 6) is 0. The van der Waals surface area contributed by atoms with Gasteiger partial charge < -0.3 is 5.32 Å². The lowest BCUT2D eigenvalue weighted by atomic mass is 10.2. The molecule has 94 valence electrons. The normalized spacial score (nSPS) is 19.5. The average Bonchev–Trinajstić information content (AvgIpc) is 2.84. The largest absolute Gasteiger partial charge is 0.361 e. The van der Waals surface area contributed by atoms with Crippen molar-refractivity contribution in [3.05, 3.63) is 17.0 Å². The highest BCUT2D eigenvalue weighted by atomic mass is 79.9. The van der Waals surface area contributed by atoms with Gasteiger partial charge in [0.15, 0.2) is 5.17 Å². The number of thioether (sulfide) groups is 1. The summed E-state index contributed by atoms with van der Waals surface area (Å²) in [6.45, 7) is 5.87. The van der Waals surface area contributed by atoms with Gasteiger partial charge in [0.05, 0.1) is 12.2 Å². The number of hydrogen-bond donors (Lipinski definition) is 1. The van der Waals surface area contributed by atoms with E-state index in [0.29, 0.717) is 5.25 Å². The van der Waals surface area contributed by atoms with Crippen molar-refractivity contribution in [1.29, 1.82) is 0 Å². The fourth-order valence-corrected chi connectivity index (χ4v) is 3.27. The van der Waals surface area contributed by atoms with Crippen molar-refractivity contribution in [3.63, 3.8) is 0 Å². The lowest BCUT2D eigenvalue weighted by molar-refractivity contribution is 0.729. The fraction of sp³-hybridized carbons (Fsp3) is 0.636. The number of nitrogens with one attached hydrogen (secondary N) is 1. The van der Waals surface area contributed by atoms with E-state index >= 15 is 0 Å². The maximum Gasteiger partial charge on any atom is 0.157 e. The molecule has 0 saturated heterocycles. The molecule has 1 aromatic heterocycles. The standard InChI is InChI=1S/C11H17BrN4S/c1-7-10(8(2)16(3)15-7)6-14-11-13-5-9(4-12)17-11/h9H,4-6H2,1-3H3,(H,13,14). The van der Waals surface area contributed by atoms with Crippen LogP contribution in [0.15, 0.2) is 4.99 Å². The van der Waals surface area contributed by atoms with Gasteiger partial charge in [0, 0.05) is 35.4 Å². The Morgan fingerprint density at radius 3 is 2.82 bits per heavy atom. The smallest absolute Gasteiger partial charge is 0.157 e. The number of halogens is 1. The molecule has 0 radical (unpaired) electrons. The molecule has 6 heteroatoms. The van der Waals surface area contributed by atoms with Crippen LogP contribution in [-0.2, 0) is 13.6 Å². The van der Waals surface area contributed by atoms with Crippen LogP contribution in [0.25, 0.3) is 0 Å². The van der Waals surface area contributed by atoms with E-state index in [9.17, 15) is 0 Å². The van der Waals surface area contributed by atoms with Crippen LogP contribution in [0, 0.1) is 13.8 Å². The van der Waals surface area contributed by atoms with E-state index in [0.717, 1.165) is 29.3 Å². The van der Waals surface area contributed by atoms with E-state index in [2.05, 4.69) is 45.2 Å². The van der Waals surface area contributed by atoms with Crippen LogP contribution in [0.1, 0.15) is 17.0 Å². The maximum atomic E-state index is 4.48. The minimum atomic E-state index is 0.577. The molecule has 4 nitrogen and oxygen atoms in total. The molecular weight excluding hydrogens is 300 g/mol.